The fourth-order valence-electron chi connectivity index (χ4n) is 0.705. The van der Waals surface area contributed by atoms with Crippen LogP contribution in [0.2, 0.25) is 0 Å². The van der Waals surface area contributed by atoms with E-state index in [1.54, 1.807) is 6.20 Å². The number of carbonyl (C=O) groups excluding carboxylic acids is 1. The number of isocyanates is 1. The van der Waals surface area contributed by atoms with E-state index in [0.717, 1.165) is 11.3 Å². The molecule has 0 radical (unpaired) electrons. The molecule has 1 aromatic rings. The van der Waals surface area contributed by atoms with Gasteiger partial charge in [0.25, 0.3) is 0 Å². The van der Waals surface area contributed by atoms with Crippen molar-refractivity contribution < 1.29 is 4.79 Å². The zero-order valence-electron chi connectivity index (χ0n) is 6.24. The summed E-state index contributed by atoms with van der Waals surface area (Å²) in [6, 6.07) is 3.78. The van der Waals surface area contributed by atoms with Crippen LogP contribution in [0.3, 0.4) is 0 Å². The smallest absolute Gasteiger partial charge is 0.235 e. The first-order valence-corrected chi connectivity index (χ1v) is 3.28. The molecule has 0 saturated carbocycles. The highest BCUT2D eigenvalue weighted by Crippen LogP contribution is 1.98. The fraction of sp³-hybridized carbons (Fsp3) is 0.250. The zero-order valence-corrected chi connectivity index (χ0v) is 6.24. The Morgan fingerprint density at radius 3 is 3.00 bits per heavy atom. The Hall–Kier alpha value is -1.47. The summed E-state index contributed by atoms with van der Waals surface area (Å²) in [5.41, 5.74) is 1.89. The SMILES string of the molecule is Cc1ccc(CN=C=O)nc1. The van der Waals surface area contributed by atoms with Gasteiger partial charge in [-0.15, -0.1) is 0 Å². The predicted octanol–water partition coefficient (Wildman–Crippen LogP) is 1.23. The Balaban J connectivity index is 2.73. The van der Waals surface area contributed by atoms with Crippen LogP contribution >= 0.6 is 0 Å². The average Bonchev–Trinajstić information content (AvgIpc) is 2.04. The third-order valence-corrected chi connectivity index (χ3v) is 1.28. The van der Waals surface area contributed by atoms with Crippen LogP contribution < -0.4 is 0 Å². The molecule has 0 fully saturated rings. The second-order valence-corrected chi connectivity index (χ2v) is 2.23. The van der Waals surface area contributed by atoms with Crippen LogP contribution in [-0.4, -0.2) is 11.1 Å². The van der Waals surface area contributed by atoms with Crippen LogP contribution in [0.25, 0.3) is 0 Å². The predicted molar refractivity (Wildman–Crippen MR) is 40.8 cm³/mol. The van der Waals surface area contributed by atoms with Gasteiger partial charge in [-0.25, -0.2) is 4.79 Å². The molecule has 1 rings (SSSR count). The van der Waals surface area contributed by atoms with Gasteiger partial charge in [0.05, 0.1) is 12.2 Å². The van der Waals surface area contributed by atoms with E-state index in [4.69, 9.17) is 0 Å². The van der Waals surface area contributed by atoms with Crippen LogP contribution in [0, 0.1) is 6.92 Å². The summed E-state index contributed by atoms with van der Waals surface area (Å²) < 4.78 is 0. The molecule has 0 aliphatic rings. The molecular weight excluding hydrogens is 140 g/mol. The number of aromatic nitrogens is 1. The lowest BCUT2D eigenvalue weighted by atomic mass is 10.3. The Labute approximate surface area is 64.8 Å². The zero-order chi connectivity index (χ0) is 8.10. The maximum Gasteiger partial charge on any atom is 0.235 e. The first kappa shape index (κ1) is 7.63. The standard InChI is InChI=1S/C8H8N2O/c1-7-2-3-8(10-4-7)5-9-6-11/h2-4H,5H2,1H3. The summed E-state index contributed by atoms with van der Waals surface area (Å²) in [6.45, 7) is 2.28. The lowest BCUT2D eigenvalue weighted by molar-refractivity contribution is 0.562. The third kappa shape index (κ3) is 2.32. The van der Waals surface area contributed by atoms with Crippen molar-refractivity contribution >= 4 is 6.08 Å². The van der Waals surface area contributed by atoms with Crippen LogP contribution in [0.1, 0.15) is 11.3 Å². The van der Waals surface area contributed by atoms with Crippen molar-refractivity contribution in [3.63, 3.8) is 0 Å². The van der Waals surface area contributed by atoms with E-state index < -0.39 is 0 Å². The molecule has 56 valence electrons. The molecule has 0 aliphatic heterocycles. The van der Waals surface area contributed by atoms with Gasteiger partial charge in [-0.1, -0.05) is 6.07 Å². The van der Waals surface area contributed by atoms with Crippen molar-refractivity contribution in [2.75, 3.05) is 0 Å². The molecular formula is C8H8N2O. The Kier molecular flexibility index (Phi) is 2.53. The monoisotopic (exact) mass is 148 g/mol. The number of aryl methyl sites for hydroxylation is 1. The van der Waals surface area contributed by atoms with Gasteiger partial charge >= 0.3 is 0 Å². The van der Waals surface area contributed by atoms with Gasteiger partial charge in [0, 0.05) is 6.20 Å². The molecule has 0 N–H and O–H groups in total. The topological polar surface area (TPSA) is 42.3 Å². The van der Waals surface area contributed by atoms with Gasteiger partial charge in [0.15, 0.2) is 0 Å². The van der Waals surface area contributed by atoms with Crippen molar-refractivity contribution in [1.29, 1.82) is 0 Å². The van der Waals surface area contributed by atoms with Gasteiger partial charge < -0.3 is 0 Å². The number of hydrogen-bond acceptors (Lipinski definition) is 3. The summed E-state index contributed by atoms with van der Waals surface area (Å²) >= 11 is 0. The first-order chi connectivity index (χ1) is 5.33. The number of aliphatic imine (C=N–C) groups is 1. The molecule has 0 spiro atoms. The van der Waals surface area contributed by atoms with Gasteiger partial charge in [0.2, 0.25) is 6.08 Å². The van der Waals surface area contributed by atoms with Crippen molar-refractivity contribution in [2.45, 2.75) is 13.5 Å². The van der Waals surface area contributed by atoms with E-state index in [0.29, 0.717) is 6.54 Å². The quantitative estimate of drug-likeness (QED) is 0.467. The highest BCUT2D eigenvalue weighted by atomic mass is 16.1. The maximum atomic E-state index is 9.73. The molecule has 0 atom stereocenters. The number of rotatable bonds is 2. The van der Waals surface area contributed by atoms with Gasteiger partial charge in [-0.05, 0) is 18.6 Å². The molecule has 1 heterocycles. The van der Waals surface area contributed by atoms with E-state index in [9.17, 15) is 4.79 Å². The van der Waals surface area contributed by atoms with Crippen LogP contribution in [0.15, 0.2) is 23.3 Å². The molecule has 0 saturated heterocycles. The van der Waals surface area contributed by atoms with Crippen molar-refractivity contribution in [1.82, 2.24) is 4.98 Å². The lowest BCUT2D eigenvalue weighted by Crippen LogP contribution is -1.86. The van der Waals surface area contributed by atoms with Crippen LogP contribution in [0.5, 0.6) is 0 Å². The molecule has 0 aliphatic carbocycles. The molecule has 0 bridgehead atoms. The largest absolute Gasteiger partial charge is 0.259 e. The molecule has 0 aromatic carbocycles. The highest BCUT2D eigenvalue weighted by Gasteiger charge is 1.89. The molecule has 0 unspecified atom stereocenters. The molecule has 11 heavy (non-hydrogen) atoms. The van der Waals surface area contributed by atoms with E-state index in [2.05, 4.69) is 9.98 Å². The van der Waals surface area contributed by atoms with Gasteiger partial charge in [-0.3, -0.25) is 4.98 Å². The summed E-state index contributed by atoms with van der Waals surface area (Å²) in [7, 11) is 0. The molecule has 0 amide bonds. The maximum absolute atomic E-state index is 9.73. The summed E-state index contributed by atoms with van der Waals surface area (Å²) in [4.78, 5) is 17.2. The number of pyridine rings is 1. The van der Waals surface area contributed by atoms with E-state index in [1.165, 1.54) is 6.08 Å². The normalized spacial score (nSPS) is 8.82. The van der Waals surface area contributed by atoms with Crippen molar-refractivity contribution in [3.8, 4) is 0 Å². The van der Waals surface area contributed by atoms with Crippen molar-refractivity contribution in [3.05, 3.63) is 29.6 Å². The summed E-state index contributed by atoms with van der Waals surface area (Å²) in [6.07, 6.45) is 3.21. The summed E-state index contributed by atoms with van der Waals surface area (Å²) in [5.74, 6) is 0. The molecule has 1 aromatic heterocycles. The van der Waals surface area contributed by atoms with E-state index >= 15 is 0 Å². The minimum Gasteiger partial charge on any atom is -0.259 e. The molecule has 3 nitrogen and oxygen atoms in total. The number of nitrogens with zero attached hydrogens (tertiary/aromatic N) is 2. The van der Waals surface area contributed by atoms with Crippen molar-refractivity contribution in [2.24, 2.45) is 4.99 Å². The Bertz CT molecular complexity index is 273. The fourth-order valence-corrected chi connectivity index (χ4v) is 0.705. The highest BCUT2D eigenvalue weighted by molar-refractivity contribution is 5.33. The third-order valence-electron chi connectivity index (χ3n) is 1.28. The second-order valence-electron chi connectivity index (χ2n) is 2.23. The summed E-state index contributed by atoms with van der Waals surface area (Å²) in [5, 5.41) is 0. The van der Waals surface area contributed by atoms with Crippen LogP contribution in [-0.2, 0) is 11.3 Å². The van der Waals surface area contributed by atoms with Gasteiger partial charge in [0.1, 0.15) is 0 Å². The first-order valence-electron chi connectivity index (χ1n) is 3.28. The Morgan fingerprint density at radius 1 is 1.64 bits per heavy atom. The lowest BCUT2D eigenvalue weighted by Gasteiger charge is -1.93. The Morgan fingerprint density at radius 2 is 2.45 bits per heavy atom. The minimum absolute atomic E-state index is 0.323. The van der Waals surface area contributed by atoms with E-state index in [1.807, 2.05) is 19.1 Å². The second kappa shape index (κ2) is 3.64. The van der Waals surface area contributed by atoms with Gasteiger partial charge in [-0.2, -0.15) is 4.99 Å². The average molecular weight is 148 g/mol. The minimum atomic E-state index is 0.323. The van der Waals surface area contributed by atoms with Crippen LogP contribution in [0.4, 0.5) is 0 Å². The van der Waals surface area contributed by atoms with E-state index in [-0.39, 0.29) is 0 Å². The number of hydrogen-bond donors (Lipinski definition) is 0. The molecule has 3 heteroatoms.